The Balaban J connectivity index is 1.42. The van der Waals surface area contributed by atoms with Crippen molar-refractivity contribution in [1.82, 2.24) is 20.3 Å². The van der Waals surface area contributed by atoms with E-state index < -0.39 is 16.2 Å². The second-order valence-corrected chi connectivity index (χ2v) is 12.5. The molecule has 7 atom stereocenters. The molecule has 0 aromatic rings. The minimum Gasteiger partial charge on any atom is -0.477 e. The van der Waals surface area contributed by atoms with E-state index in [1.165, 1.54) is 16.7 Å². The Kier molecular flexibility index (Phi) is 7.42. The number of aliphatic carboxylic acids is 1. The van der Waals surface area contributed by atoms with Crippen LogP contribution in [0.15, 0.2) is 10.6 Å². The van der Waals surface area contributed by atoms with Gasteiger partial charge in [0.1, 0.15) is 11.5 Å². The quantitative estimate of drug-likeness (QED) is 0.237. The number of carboxylic acid groups (broad SMARTS) is 1. The summed E-state index contributed by atoms with van der Waals surface area (Å²) in [4.78, 5) is 39.9. The highest BCUT2D eigenvalue weighted by molar-refractivity contribution is 8.03. The van der Waals surface area contributed by atoms with Crippen LogP contribution in [-0.4, -0.2) is 79.1 Å². The van der Waals surface area contributed by atoms with E-state index in [0.29, 0.717) is 24.3 Å². The molecule has 6 N–H and O–H groups in total. The summed E-state index contributed by atoms with van der Waals surface area (Å²) in [7, 11) is -3.78. The van der Waals surface area contributed by atoms with E-state index in [1.807, 2.05) is 13.8 Å². The highest BCUT2D eigenvalue weighted by Gasteiger charge is 2.60. The summed E-state index contributed by atoms with van der Waals surface area (Å²) in [5.74, 6) is -1.90. The molecule has 11 nitrogen and oxygen atoms in total. The number of rotatable bonds is 10. The lowest BCUT2D eigenvalue weighted by Gasteiger charge is -2.47. The Morgan fingerprint density at radius 1 is 1.35 bits per heavy atom. The van der Waals surface area contributed by atoms with Crippen molar-refractivity contribution in [2.75, 3.05) is 19.6 Å². The molecule has 0 radical (unpaired) electrons. The second kappa shape index (κ2) is 9.86. The normalized spacial score (nSPS) is 34.3. The first-order chi connectivity index (χ1) is 16.0. The fourth-order valence-corrected chi connectivity index (χ4v) is 7.69. The van der Waals surface area contributed by atoms with E-state index in [1.54, 1.807) is 0 Å². The molecule has 0 aliphatic carbocycles. The van der Waals surface area contributed by atoms with E-state index >= 15 is 0 Å². The fraction of sp³-hybridized carbons (Fsp3) is 0.762. The summed E-state index contributed by atoms with van der Waals surface area (Å²) in [5.41, 5.74) is 0.0471. The Morgan fingerprint density at radius 3 is 2.71 bits per heavy atom. The first-order valence-electron chi connectivity index (χ1n) is 11.7. The lowest BCUT2D eigenvalue weighted by atomic mass is 9.73. The van der Waals surface area contributed by atoms with E-state index in [9.17, 15) is 27.9 Å². The molecule has 13 heteroatoms. The standard InChI is InChI=1S/C21H33N5O6S2/c1-10(6-15(27)14-4-3-5-23-14)16-17-11(2)19(18(21(29)30)26(17)20(16)28)33-13-7-12(24-9-13)8-25-34(22,31)32/h10-14,16-17,23-25H,3-9H2,1-2H3,(H,29,30)(H2,22,31,32)/t10-,11+,12-,13-,14+,16+,17+/m0/s1. The predicted octanol–water partition coefficient (Wildman–Crippen LogP) is -0.637. The second-order valence-electron chi connectivity index (χ2n) is 9.80. The molecular formula is C21H33N5O6S2. The maximum Gasteiger partial charge on any atom is 0.353 e. The van der Waals surface area contributed by atoms with Gasteiger partial charge in [-0.25, -0.2) is 14.7 Å². The average Bonchev–Trinajstić information content (AvgIpc) is 3.47. The topological polar surface area (TPSA) is 171 Å². The van der Waals surface area contributed by atoms with Gasteiger partial charge in [-0.1, -0.05) is 13.8 Å². The summed E-state index contributed by atoms with van der Waals surface area (Å²) < 4.78 is 24.6. The van der Waals surface area contributed by atoms with Crippen LogP contribution in [0.1, 0.15) is 39.5 Å². The van der Waals surface area contributed by atoms with Crippen LogP contribution in [0.25, 0.3) is 0 Å². The molecule has 4 heterocycles. The van der Waals surface area contributed by atoms with Crippen LogP contribution in [0, 0.1) is 17.8 Å². The molecule has 3 fully saturated rings. The average molecular weight is 516 g/mol. The van der Waals surface area contributed by atoms with Gasteiger partial charge in [0.05, 0.1) is 18.0 Å². The molecule has 34 heavy (non-hydrogen) atoms. The summed E-state index contributed by atoms with van der Waals surface area (Å²) in [6.07, 6.45) is 2.74. The zero-order valence-corrected chi connectivity index (χ0v) is 21.0. The lowest BCUT2D eigenvalue weighted by Crippen LogP contribution is -2.62. The van der Waals surface area contributed by atoms with Gasteiger partial charge in [-0.2, -0.15) is 8.42 Å². The number of fused-ring (bicyclic) bond motifs is 1. The van der Waals surface area contributed by atoms with Crippen molar-refractivity contribution >= 4 is 39.6 Å². The number of carboxylic acids is 1. The first-order valence-corrected chi connectivity index (χ1v) is 14.1. The van der Waals surface area contributed by atoms with E-state index in [0.717, 1.165) is 19.4 Å². The zero-order valence-electron chi connectivity index (χ0n) is 19.3. The third kappa shape index (κ3) is 5.05. The number of hydrogen-bond donors (Lipinski definition) is 5. The number of hydrogen-bond acceptors (Lipinski definition) is 8. The fourth-order valence-electron chi connectivity index (χ4n) is 5.74. The number of carbonyl (C=O) groups excluding carboxylic acids is 2. The summed E-state index contributed by atoms with van der Waals surface area (Å²) >= 11 is 1.45. The number of nitrogens with zero attached hydrogens (tertiary/aromatic N) is 1. The third-order valence-electron chi connectivity index (χ3n) is 7.38. The first kappa shape index (κ1) is 25.6. The van der Waals surface area contributed by atoms with Crippen LogP contribution in [0.2, 0.25) is 0 Å². The number of thioether (sulfide) groups is 1. The van der Waals surface area contributed by atoms with Gasteiger partial charge in [0, 0.05) is 41.6 Å². The molecule has 4 aliphatic heterocycles. The molecule has 0 spiro atoms. The van der Waals surface area contributed by atoms with Gasteiger partial charge in [0.25, 0.3) is 10.2 Å². The van der Waals surface area contributed by atoms with Crippen LogP contribution in [-0.2, 0) is 24.6 Å². The molecular weight excluding hydrogens is 482 g/mol. The van der Waals surface area contributed by atoms with Gasteiger partial charge >= 0.3 is 5.97 Å². The van der Waals surface area contributed by atoms with Crippen molar-refractivity contribution in [3.05, 3.63) is 10.6 Å². The molecule has 3 saturated heterocycles. The van der Waals surface area contributed by atoms with Crippen molar-refractivity contribution in [2.24, 2.45) is 22.9 Å². The minimum absolute atomic E-state index is 0.0405. The lowest BCUT2D eigenvalue weighted by molar-refractivity contribution is -0.160. The number of ketones is 1. The predicted molar refractivity (Wildman–Crippen MR) is 127 cm³/mol. The molecule has 4 aliphatic rings. The van der Waals surface area contributed by atoms with Crippen molar-refractivity contribution in [3.8, 4) is 0 Å². The maximum atomic E-state index is 13.1. The summed E-state index contributed by atoms with van der Waals surface area (Å²) in [6, 6.07) is -0.502. The molecule has 0 unspecified atom stereocenters. The smallest absolute Gasteiger partial charge is 0.353 e. The number of nitrogens with two attached hydrogens (primary N) is 1. The van der Waals surface area contributed by atoms with Crippen LogP contribution in [0.5, 0.6) is 0 Å². The SMILES string of the molecule is C[C@@H](CC(=O)[C@H]1CCCN1)[C@H]1C(=O)N2C(C(=O)O)=C(S[C@@H]3CN[C@H](CNS(N)(=O)=O)C3)[C@H](C)[C@H]12. The van der Waals surface area contributed by atoms with Gasteiger partial charge in [-0.05, 0) is 31.7 Å². The molecule has 0 aromatic carbocycles. The van der Waals surface area contributed by atoms with E-state index in [2.05, 4.69) is 15.4 Å². The van der Waals surface area contributed by atoms with E-state index in [-0.39, 0.29) is 65.1 Å². The molecule has 0 saturated carbocycles. The van der Waals surface area contributed by atoms with Gasteiger partial charge in [-0.3, -0.25) is 9.59 Å². The zero-order chi connectivity index (χ0) is 24.8. The summed E-state index contributed by atoms with van der Waals surface area (Å²) in [5, 5.41) is 21.4. The summed E-state index contributed by atoms with van der Waals surface area (Å²) in [6.45, 7) is 5.45. The molecule has 0 aromatic heterocycles. The van der Waals surface area contributed by atoms with Crippen molar-refractivity contribution < 1.29 is 27.9 Å². The van der Waals surface area contributed by atoms with Gasteiger partial charge in [0.15, 0.2) is 0 Å². The highest BCUT2D eigenvalue weighted by atomic mass is 32.2. The minimum atomic E-state index is -3.78. The van der Waals surface area contributed by atoms with Crippen LogP contribution < -0.4 is 20.5 Å². The van der Waals surface area contributed by atoms with Crippen LogP contribution >= 0.6 is 11.8 Å². The molecule has 1 amide bonds. The Labute approximate surface area is 203 Å². The number of nitrogens with one attached hydrogen (secondary N) is 3. The number of amides is 1. The van der Waals surface area contributed by atoms with Gasteiger partial charge in [-0.15, -0.1) is 11.8 Å². The van der Waals surface area contributed by atoms with Crippen molar-refractivity contribution in [1.29, 1.82) is 0 Å². The monoisotopic (exact) mass is 515 g/mol. The van der Waals surface area contributed by atoms with Crippen LogP contribution in [0.3, 0.4) is 0 Å². The Morgan fingerprint density at radius 2 is 2.09 bits per heavy atom. The van der Waals surface area contributed by atoms with Gasteiger partial charge in [0.2, 0.25) is 5.91 Å². The molecule has 4 rings (SSSR count). The van der Waals surface area contributed by atoms with Gasteiger partial charge < -0.3 is 20.6 Å². The molecule has 0 bridgehead atoms. The van der Waals surface area contributed by atoms with E-state index in [4.69, 9.17) is 5.14 Å². The Bertz CT molecular complexity index is 996. The molecule has 190 valence electrons. The number of carbonyl (C=O) groups is 3. The number of Topliss-reactive ketones (excluding diaryl/α,β-unsaturated/α-hetero) is 1. The highest BCUT2D eigenvalue weighted by Crippen LogP contribution is 2.53. The largest absolute Gasteiger partial charge is 0.477 e. The van der Waals surface area contributed by atoms with Crippen molar-refractivity contribution in [2.45, 2.75) is 62.9 Å². The third-order valence-corrected chi connectivity index (χ3v) is 9.46. The maximum absolute atomic E-state index is 13.1. The van der Waals surface area contributed by atoms with Crippen LogP contribution in [0.4, 0.5) is 0 Å². The van der Waals surface area contributed by atoms with Crippen molar-refractivity contribution in [3.63, 3.8) is 0 Å². The number of β-lactam (4-membered cyclic amide) rings is 1. The Hall–Kier alpha value is -1.51.